The number of anilines is 1. The minimum absolute atomic E-state index is 0.137. The van der Waals surface area contributed by atoms with E-state index in [9.17, 15) is 22.4 Å². The van der Waals surface area contributed by atoms with Crippen LogP contribution in [0.5, 0.6) is 0 Å². The fraction of sp³-hybridized carbons (Fsp3) is 0.444. The highest BCUT2D eigenvalue weighted by molar-refractivity contribution is 6.06. The van der Waals surface area contributed by atoms with Crippen LogP contribution in [0.1, 0.15) is 54.0 Å². The Labute approximate surface area is 149 Å². The first-order valence-electron chi connectivity index (χ1n) is 8.36. The first-order chi connectivity index (χ1) is 12.2. The highest BCUT2D eigenvalue weighted by atomic mass is 19.4. The first-order valence-corrected chi connectivity index (χ1v) is 8.36. The van der Waals surface area contributed by atoms with E-state index in [2.05, 4.69) is 5.10 Å². The number of hydrogen-bond acceptors (Lipinski definition) is 2. The molecule has 1 aliphatic rings. The minimum Gasteiger partial charge on any atom is -0.305 e. The molecule has 26 heavy (non-hydrogen) atoms. The predicted molar refractivity (Wildman–Crippen MR) is 91.0 cm³/mol. The lowest BCUT2D eigenvalue weighted by molar-refractivity contribution is -0.138. The standard InChI is InChI=1S/C16H15F4N3O.C2H6/c1-9-7-21-23-10(2)8-22(15(24)14(9)23)12-3-4-13(16(18,19)20)11(5-12)6-17;1-2/h3-5,7,10H,6,8H2,1-2H3;1-2H3. The van der Waals surface area contributed by atoms with Crippen LogP contribution in [0.15, 0.2) is 24.4 Å². The highest BCUT2D eigenvalue weighted by Gasteiger charge is 2.36. The average Bonchev–Trinajstić information content (AvgIpc) is 3.01. The van der Waals surface area contributed by atoms with Gasteiger partial charge in [-0.05, 0) is 37.6 Å². The Balaban J connectivity index is 0.00000117. The molecule has 2 aromatic rings. The largest absolute Gasteiger partial charge is 0.416 e. The lowest BCUT2D eigenvalue weighted by Crippen LogP contribution is -2.43. The van der Waals surface area contributed by atoms with Gasteiger partial charge in [0.25, 0.3) is 5.91 Å². The van der Waals surface area contributed by atoms with Crippen LogP contribution in [-0.4, -0.2) is 22.2 Å². The Kier molecular flexibility index (Phi) is 5.73. The molecular formula is C18H21F4N3O. The van der Waals surface area contributed by atoms with Crippen molar-refractivity contribution in [1.29, 1.82) is 0 Å². The van der Waals surface area contributed by atoms with Crippen molar-refractivity contribution in [3.05, 3.63) is 46.8 Å². The monoisotopic (exact) mass is 371 g/mol. The second-order valence-corrected chi connectivity index (χ2v) is 5.86. The Morgan fingerprint density at radius 2 is 1.92 bits per heavy atom. The molecule has 4 nitrogen and oxygen atoms in total. The maximum absolute atomic E-state index is 13.1. The van der Waals surface area contributed by atoms with E-state index >= 15 is 0 Å². The van der Waals surface area contributed by atoms with Gasteiger partial charge in [0.1, 0.15) is 12.4 Å². The number of aromatic nitrogens is 2. The molecule has 0 saturated heterocycles. The van der Waals surface area contributed by atoms with E-state index in [0.29, 0.717) is 11.3 Å². The number of hydrogen-bond donors (Lipinski definition) is 0. The first kappa shape index (κ1) is 19.9. The minimum atomic E-state index is -4.63. The van der Waals surface area contributed by atoms with Crippen molar-refractivity contribution in [1.82, 2.24) is 9.78 Å². The highest BCUT2D eigenvalue weighted by Crippen LogP contribution is 2.36. The van der Waals surface area contributed by atoms with E-state index in [1.54, 1.807) is 17.8 Å². The van der Waals surface area contributed by atoms with Gasteiger partial charge in [0.05, 0.1) is 17.8 Å². The molecule has 0 N–H and O–H groups in total. The molecule has 1 atom stereocenters. The predicted octanol–water partition coefficient (Wildman–Crippen LogP) is 4.93. The van der Waals surface area contributed by atoms with Crippen LogP contribution < -0.4 is 4.90 Å². The summed E-state index contributed by atoms with van der Waals surface area (Å²) in [6, 6.07) is 2.98. The number of amides is 1. The van der Waals surface area contributed by atoms with Gasteiger partial charge in [-0.15, -0.1) is 0 Å². The zero-order chi connectivity index (χ0) is 19.6. The van der Waals surface area contributed by atoms with E-state index in [-0.39, 0.29) is 24.2 Å². The zero-order valence-corrected chi connectivity index (χ0v) is 15.1. The molecule has 0 bridgehead atoms. The molecule has 0 spiro atoms. The molecule has 8 heteroatoms. The van der Waals surface area contributed by atoms with E-state index in [0.717, 1.165) is 12.1 Å². The molecule has 3 rings (SSSR count). The number of fused-ring (bicyclic) bond motifs is 1. The average molecular weight is 371 g/mol. The van der Waals surface area contributed by atoms with E-state index in [4.69, 9.17) is 0 Å². The van der Waals surface area contributed by atoms with Crippen LogP contribution in [0.3, 0.4) is 0 Å². The molecule has 1 unspecified atom stereocenters. The summed E-state index contributed by atoms with van der Waals surface area (Å²) in [5.41, 5.74) is -0.160. The van der Waals surface area contributed by atoms with Crippen LogP contribution in [0.25, 0.3) is 0 Å². The van der Waals surface area contributed by atoms with Gasteiger partial charge in [-0.3, -0.25) is 9.48 Å². The second kappa shape index (κ2) is 7.47. The normalized spacial score (nSPS) is 16.8. The third kappa shape index (κ3) is 3.45. The maximum atomic E-state index is 13.1. The van der Waals surface area contributed by atoms with Crippen molar-refractivity contribution in [3.63, 3.8) is 0 Å². The number of nitrogens with zero attached hydrogens (tertiary/aromatic N) is 3. The Morgan fingerprint density at radius 1 is 1.27 bits per heavy atom. The van der Waals surface area contributed by atoms with Gasteiger partial charge in [-0.2, -0.15) is 18.3 Å². The lowest BCUT2D eigenvalue weighted by atomic mass is 10.0. The summed E-state index contributed by atoms with van der Waals surface area (Å²) in [6.07, 6.45) is -3.05. The van der Waals surface area contributed by atoms with Crippen LogP contribution >= 0.6 is 0 Å². The van der Waals surface area contributed by atoms with Gasteiger partial charge >= 0.3 is 6.18 Å². The van der Waals surface area contributed by atoms with E-state index in [1.807, 2.05) is 20.8 Å². The number of alkyl halides is 4. The van der Waals surface area contributed by atoms with Crippen molar-refractivity contribution in [2.24, 2.45) is 0 Å². The van der Waals surface area contributed by atoms with Crippen LogP contribution in [0.2, 0.25) is 0 Å². The summed E-state index contributed by atoms with van der Waals surface area (Å²) in [7, 11) is 0. The number of aryl methyl sites for hydroxylation is 1. The van der Waals surface area contributed by atoms with Crippen LogP contribution in [-0.2, 0) is 12.9 Å². The third-order valence-electron chi connectivity index (χ3n) is 4.14. The summed E-state index contributed by atoms with van der Waals surface area (Å²) in [6.45, 7) is 6.60. The lowest BCUT2D eigenvalue weighted by Gasteiger charge is -2.32. The fourth-order valence-corrected chi connectivity index (χ4v) is 2.96. The maximum Gasteiger partial charge on any atom is 0.416 e. The van der Waals surface area contributed by atoms with Gasteiger partial charge in [-0.25, -0.2) is 4.39 Å². The second-order valence-electron chi connectivity index (χ2n) is 5.86. The number of carbonyl (C=O) groups is 1. The van der Waals surface area contributed by atoms with Gasteiger partial charge in [0, 0.05) is 17.8 Å². The summed E-state index contributed by atoms with van der Waals surface area (Å²) in [4.78, 5) is 14.0. The molecule has 142 valence electrons. The van der Waals surface area contributed by atoms with Crippen molar-refractivity contribution in [2.45, 2.75) is 46.6 Å². The molecule has 0 saturated carbocycles. The quantitative estimate of drug-likeness (QED) is 0.702. The van der Waals surface area contributed by atoms with E-state index in [1.165, 1.54) is 11.0 Å². The Bertz CT molecular complexity index is 798. The molecule has 1 aromatic carbocycles. The molecule has 0 fully saturated rings. The van der Waals surface area contributed by atoms with Crippen molar-refractivity contribution in [3.8, 4) is 0 Å². The summed E-state index contributed by atoms with van der Waals surface area (Å²) in [5.74, 6) is -0.354. The van der Waals surface area contributed by atoms with Crippen LogP contribution in [0.4, 0.5) is 23.2 Å². The number of halogens is 4. The molecule has 1 aliphatic heterocycles. The molecule has 0 aliphatic carbocycles. The molecule has 2 heterocycles. The third-order valence-corrected chi connectivity index (χ3v) is 4.14. The Hall–Kier alpha value is -2.38. The van der Waals surface area contributed by atoms with Crippen molar-refractivity contribution in [2.75, 3.05) is 11.4 Å². The molecule has 0 radical (unpaired) electrons. The fourth-order valence-electron chi connectivity index (χ4n) is 2.96. The van der Waals surface area contributed by atoms with E-state index < -0.39 is 24.0 Å². The topological polar surface area (TPSA) is 38.1 Å². The zero-order valence-electron chi connectivity index (χ0n) is 15.1. The van der Waals surface area contributed by atoms with Gasteiger partial charge in [0.15, 0.2) is 0 Å². The summed E-state index contributed by atoms with van der Waals surface area (Å²) >= 11 is 0. The van der Waals surface area contributed by atoms with Gasteiger partial charge in [-0.1, -0.05) is 13.8 Å². The smallest absolute Gasteiger partial charge is 0.305 e. The molecule has 1 aromatic heterocycles. The SMILES string of the molecule is CC.Cc1cnn2c1C(=O)N(c1ccc(C(F)(F)F)c(CF)c1)CC2C. The Morgan fingerprint density at radius 3 is 2.50 bits per heavy atom. The molecule has 1 amide bonds. The number of benzene rings is 1. The van der Waals surface area contributed by atoms with Gasteiger partial charge in [0.2, 0.25) is 0 Å². The summed E-state index contributed by atoms with van der Waals surface area (Å²) in [5, 5.41) is 4.16. The molecular weight excluding hydrogens is 350 g/mol. The van der Waals surface area contributed by atoms with Gasteiger partial charge < -0.3 is 4.90 Å². The number of rotatable bonds is 2. The van der Waals surface area contributed by atoms with Crippen molar-refractivity contribution >= 4 is 11.6 Å². The van der Waals surface area contributed by atoms with Crippen LogP contribution in [0, 0.1) is 6.92 Å². The van der Waals surface area contributed by atoms with Crippen molar-refractivity contribution < 1.29 is 22.4 Å². The summed E-state index contributed by atoms with van der Waals surface area (Å²) < 4.78 is 53.4. The number of carbonyl (C=O) groups excluding carboxylic acids is 1.